The highest BCUT2D eigenvalue weighted by atomic mass is 16.6. The van der Waals surface area contributed by atoms with Crippen molar-refractivity contribution in [3.8, 4) is 16.9 Å². The van der Waals surface area contributed by atoms with E-state index in [-0.39, 0.29) is 5.69 Å². The third-order valence-corrected chi connectivity index (χ3v) is 3.26. The normalized spacial score (nSPS) is 10.5. The average Bonchev–Trinajstić information content (AvgIpc) is 2.90. The maximum absolute atomic E-state index is 11.1. The van der Waals surface area contributed by atoms with Crippen LogP contribution < -0.4 is 0 Å². The molecule has 104 valence electrons. The second-order valence-electron chi connectivity index (χ2n) is 4.69. The Morgan fingerprint density at radius 2 is 1.71 bits per heavy atom. The summed E-state index contributed by atoms with van der Waals surface area (Å²) in [4.78, 5) is 10.8. The lowest BCUT2D eigenvalue weighted by molar-refractivity contribution is -0.384. The van der Waals surface area contributed by atoms with Crippen molar-refractivity contribution < 1.29 is 4.92 Å². The zero-order valence-electron chi connectivity index (χ0n) is 11.4. The van der Waals surface area contributed by atoms with E-state index in [0.29, 0.717) is 5.69 Å². The molecular formula is C16H13N3O2. The van der Waals surface area contributed by atoms with E-state index < -0.39 is 4.92 Å². The van der Waals surface area contributed by atoms with Crippen LogP contribution in [0.1, 0.15) is 5.69 Å². The number of benzene rings is 2. The topological polar surface area (TPSA) is 61.0 Å². The first-order valence-corrected chi connectivity index (χ1v) is 6.52. The van der Waals surface area contributed by atoms with Crippen LogP contribution >= 0.6 is 0 Å². The molecule has 1 aromatic heterocycles. The van der Waals surface area contributed by atoms with Gasteiger partial charge in [-0.3, -0.25) is 10.1 Å². The zero-order chi connectivity index (χ0) is 14.8. The van der Waals surface area contributed by atoms with Gasteiger partial charge in [-0.15, -0.1) is 0 Å². The van der Waals surface area contributed by atoms with E-state index in [1.807, 2.05) is 43.3 Å². The molecule has 0 aliphatic carbocycles. The summed E-state index contributed by atoms with van der Waals surface area (Å²) in [5.41, 5.74) is 3.15. The number of aromatic nitrogens is 2. The van der Waals surface area contributed by atoms with Crippen LogP contribution in [-0.4, -0.2) is 14.7 Å². The number of hydrogen-bond acceptors (Lipinski definition) is 3. The third-order valence-electron chi connectivity index (χ3n) is 3.26. The molecule has 21 heavy (non-hydrogen) atoms. The van der Waals surface area contributed by atoms with Crippen LogP contribution in [-0.2, 0) is 0 Å². The predicted molar refractivity (Wildman–Crippen MR) is 80.4 cm³/mol. The van der Waals surface area contributed by atoms with Crippen molar-refractivity contribution in [2.75, 3.05) is 0 Å². The van der Waals surface area contributed by atoms with Gasteiger partial charge in [0.2, 0.25) is 0 Å². The quantitative estimate of drug-likeness (QED) is 0.541. The molecule has 3 rings (SSSR count). The van der Waals surface area contributed by atoms with Crippen molar-refractivity contribution in [2.45, 2.75) is 6.92 Å². The summed E-state index contributed by atoms with van der Waals surface area (Å²) in [6.45, 7) is 1.89. The molecule has 0 spiro atoms. The van der Waals surface area contributed by atoms with Crippen molar-refractivity contribution in [2.24, 2.45) is 0 Å². The fourth-order valence-electron chi connectivity index (χ4n) is 2.27. The van der Waals surface area contributed by atoms with Crippen LogP contribution in [0.4, 0.5) is 5.69 Å². The van der Waals surface area contributed by atoms with E-state index in [4.69, 9.17) is 0 Å². The molecule has 0 saturated carbocycles. The zero-order valence-corrected chi connectivity index (χ0v) is 11.4. The minimum atomic E-state index is -0.390. The summed E-state index contributed by atoms with van der Waals surface area (Å²) in [6.07, 6.45) is 0. The van der Waals surface area contributed by atoms with Gasteiger partial charge >= 0.3 is 0 Å². The molecule has 0 N–H and O–H groups in total. The van der Waals surface area contributed by atoms with Gasteiger partial charge in [0.25, 0.3) is 5.69 Å². The number of hydrogen-bond donors (Lipinski definition) is 0. The van der Waals surface area contributed by atoms with Crippen LogP contribution in [0.2, 0.25) is 0 Å². The summed E-state index contributed by atoms with van der Waals surface area (Å²) in [5.74, 6) is 0. The highest BCUT2D eigenvalue weighted by molar-refractivity contribution is 5.61. The lowest BCUT2D eigenvalue weighted by Gasteiger charge is -2.04. The van der Waals surface area contributed by atoms with E-state index in [9.17, 15) is 10.1 Å². The third kappa shape index (κ3) is 2.41. The molecule has 5 heteroatoms. The average molecular weight is 279 g/mol. The Kier molecular flexibility index (Phi) is 3.23. The van der Waals surface area contributed by atoms with Gasteiger partial charge in [-0.25, -0.2) is 4.68 Å². The number of aryl methyl sites for hydroxylation is 1. The lowest BCUT2D eigenvalue weighted by atomic mass is 10.1. The first-order chi connectivity index (χ1) is 10.2. The molecule has 0 saturated heterocycles. The lowest BCUT2D eigenvalue weighted by Crippen LogP contribution is -2.03. The van der Waals surface area contributed by atoms with Gasteiger partial charge in [0, 0.05) is 17.3 Å². The molecule has 0 radical (unpaired) electrons. The van der Waals surface area contributed by atoms with Gasteiger partial charge in [0.05, 0.1) is 10.6 Å². The summed E-state index contributed by atoms with van der Waals surface area (Å²) in [7, 11) is 0. The number of nitrogens with zero attached hydrogens (tertiary/aromatic N) is 3. The highest BCUT2D eigenvalue weighted by Gasteiger charge is 2.17. The molecule has 0 amide bonds. The van der Waals surface area contributed by atoms with Crippen molar-refractivity contribution in [1.82, 2.24) is 9.78 Å². The van der Waals surface area contributed by atoms with E-state index in [1.54, 1.807) is 22.9 Å². The first kappa shape index (κ1) is 13.1. The van der Waals surface area contributed by atoms with Crippen molar-refractivity contribution in [3.05, 3.63) is 76.5 Å². The van der Waals surface area contributed by atoms with Crippen LogP contribution in [0, 0.1) is 17.0 Å². The van der Waals surface area contributed by atoms with E-state index in [1.165, 1.54) is 6.07 Å². The second kappa shape index (κ2) is 5.20. The fourth-order valence-corrected chi connectivity index (χ4v) is 2.27. The molecule has 3 aromatic rings. The van der Waals surface area contributed by atoms with Gasteiger partial charge in [0.15, 0.2) is 0 Å². The summed E-state index contributed by atoms with van der Waals surface area (Å²) < 4.78 is 1.61. The molecule has 0 unspecified atom stereocenters. The second-order valence-corrected chi connectivity index (χ2v) is 4.69. The number of rotatable bonds is 3. The molecule has 0 aliphatic rings. The fraction of sp³-hybridized carbons (Fsp3) is 0.0625. The van der Waals surface area contributed by atoms with Crippen LogP contribution in [0.5, 0.6) is 0 Å². The maximum Gasteiger partial charge on any atom is 0.294 e. The summed E-state index contributed by atoms with van der Waals surface area (Å²) in [6, 6.07) is 18.3. The van der Waals surface area contributed by atoms with E-state index in [0.717, 1.165) is 17.0 Å². The number of nitro benzene ring substituents is 1. The molecule has 1 heterocycles. The molecule has 2 aromatic carbocycles. The van der Waals surface area contributed by atoms with Crippen molar-refractivity contribution >= 4 is 5.69 Å². The summed E-state index contributed by atoms with van der Waals surface area (Å²) >= 11 is 0. The Hall–Kier alpha value is -2.95. The molecule has 0 fully saturated rings. The Morgan fingerprint density at radius 3 is 2.43 bits per heavy atom. The molecular weight excluding hydrogens is 266 g/mol. The SMILES string of the molecule is Cc1cc(-c2ccccc2)nn1-c1ccccc1[N+](=O)[O-]. The maximum atomic E-state index is 11.1. The van der Waals surface area contributed by atoms with Gasteiger partial charge in [0.1, 0.15) is 5.69 Å². The predicted octanol–water partition coefficient (Wildman–Crippen LogP) is 3.76. The van der Waals surface area contributed by atoms with Gasteiger partial charge in [-0.1, -0.05) is 42.5 Å². The minimum Gasteiger partial charge on any atom is -0.258 e. The van der Waals surface area contributed by atoms with E-state index >= 15 is 0 Å². The molecule has 0 atom stereocenters. The Morgan fingerprint density at radius 1 is 1.05 bits per heavy atom. The van der Waals surface area contributed by atoms with Crippen LogP contribution in [0.15, 0.2) is 60.7 Å². The van der Waals surface area contributed by atoms with E-state index in [2.05, 4.69) is 5.10 Å². The number of para-hydroxylation sites is 2. The van der Waals surface area contributed by atoms with Crippen molar-refractivity contribution in [1.29, 1.82) is 0 Å². The number of nitro groups is 1. The molecule has 0 aliphatic heterocycles. The van der Waals surface area contributed by atoms with Crippen LogP contribution in [0.25, 0.3) is 16.9 Å². The monoisotopic (exact) mass is 279 g/mol. The molecule has 0 bridgehead atoms. The first-order valence-electron chi connectivity index (χ1n) is 6.52. The van der Waals surface area contributed by atoms with Gasteiger partial charge < -0.3 is 0 Å². The highest BCUT2D eigenvalue weighted by Crippen LogP contribution is 2.26. The largest absolute Gasteiger partial charge is 0.294 e. The van der Waals surface area contributed by atoms with Gasteiger partial charge in [-0.05, 0) is 19.1 Å². The Labute approximate surface area is 121 Å². The van der Waals surface area contributed by atoms with Crippen molar-refractivity contribution in [3.63, 3.8) is 0 Å². The smallest absolute Gasteiger partial charge is 0.258 e. The minimum absolute atomic E-state index is 0.0447. The van der Waals surface area contributed by atoms with Crippen LogP contribution in [0.3, 0.4) is 0 Å². The Bertz CT molecular complexity index is 794. The standard InChI is InChI=1S/C16H13N3O2/c1-12-11-14(13-7-3-2-4-8-13)17-18(12)15-9-5-6-10-16(15)19(20)21/h2-11H,1H3. The Balaban J connectivity index is 2.13. The van der Waals surface area contributed by atoms with Gasteiger partial charge in [-0.2, -0.15) is 5.10 Å². The summed E-state index contributed by atoms with van der Waals surface area (Å²) in [5, 5.41) is 15.7. The molecule has 5 nitrogen and oxygen atoms in total.